The summed E-state index contributed by atoms with van der Waals surface area (Å²) in [7, 11) is -2.97. The third kappa shape index (κ3) is 2.70. The molecule has 0 N–H and O–H groups in total. The van der Waals surface area contributed by atoms with Crippen LogP contribution in [0.15, 0.2) is 29.2 Å². The molecule has 1 aromatic rings. The molecule has 0 bridgehead atoms. The van der Waals surface area contributed by atoms with E-state index in [1.807, 2.05) is 0 Å². The van der Waals surface area contributed by atoms with Crippen LogP contribution in [0.2, 0.25) is 5.02 Å². The summed E-state index contributed by atoms with van der Waals surface area (Å²) in [5.41, 5.74) is -4.71. The van der Waals surface area contributed by atoms with Gasteiger partial charge in [0.05, 0.1) is 0 Å². The van der Waals surface area contributed by atoms with Crippen molar-refractivity contribution in [3.63, 3.8) is 0 Å². The summed E-state index contributed by atoms with van der Waals surface area (Å²) < 4.78 is 46.4. The molecule has 0 spiro atoms. The topological polar surface area (TPSA) is 17.1 Å². The van der Waals surface area contributed by atoms with Gasteiger partial charge in [-0.2, -0.15) is 13.2 Å². The molecule has 0 aliphatic heterocycles. The zero-order valence-electron chi connectivity index (χ0n) is 6.14. The van der Waals surface area contributed by atoms with Crippen LogP contribution in [0, 0.1) is 0 Å². The second kappa shape index (κ2) is 3.67. The lowest BCUT2D eigenvalue weighted by Crippen LogP contribution is -2.15. The van der Waals surface area contributed by atoms with Crippen LogP contribution in [-0.2, 0) is 10.8 Å². The van der Waals surface area contributed by atoms with E-state index in [2.05, 4.69) is 0 Å². The van der Waals surface area contributed by atoms with Gasteiger partial charge in [0.1, 0.15) is 0 Å². The smallest absolute Gasteiger partial charge is 0.245 e. The van der Waals surface area contributed by atoms with Crippen LogP contribution in [0.5, 0.6) is 0 Å². The highest BCUT2D eigenvalue weighted by atomic mass is 35.5. The molecular formula is C7H4ClF3OS. The molecule has 0 radical (unpaired) electrons. The van der Waals surface area contributed by atoms with Crippen molar-refractivity contribution in [1.29, 1.82) is 0 Å². The first kappa shape index (κ1) is 10.5. The van der Waals surface area contributed by atoms with E-state index in [0.717, 1.165) is 12.1 Å². The largest absolute Gasteiger partial charge is 0.475 e. The molecule has 0 aliphatic rings. The van der Waals surface area contributed by atoms with Crippen molar-refractivity contribution >= 4 is 22.4 Å². The van der Waals surface area contributed by atoms with Crippen LogP contribution >= 0.6 is 11.6 Å². The van der Waals surface area contributed by atoms with E-state index in [1.54, 1.807) is 0 Å². The molecule has 0 unspecified atom stereocenters. The Labute approximate surface area is 80.0 Å². The van der Waals surface area contributed by atoms with Crippen LogP contribution in [0.4, 0.5) is 13.2 Å². The van der Waals surface area contributed by atoms with Crippen molar-refractivity contribution in [2.45, 2.75) is 10.4 Å². The van der Waals surface area contributed by atoms with Crippen molar-refractivity contribution in [1.82, 2.24) is 0 Å². The zero-order chi connectivity index (χ0) is 10.1. The third-order valence-electron chi connectivity index (χ3n) is 1.24. The Bertz CT molecular complexity index is 320. The van der Waals surface area contributed by atoms with Gasteiger partial charge in [0.25, 0.3) is 0 Å². The third-order valence-corrected chi connectivity index (χ3v) is 2.61. The molecule has 1 aromatic carbocycles. The number of hydrogen-bond donors (Lipinski definition) is 0. The summed E-state index contributed by atoms with van der Waals surface area (Å²) in [4.78, 5) is -0.295. The van der Waals surface area contributed by atoms with Gasteiger partial charge in [0, 0.05) is 9.92 Å². The van der Waals surface area contributed by atoms with Gasteiger partial charge in [-0.15, -0.1) is 0 Å². The number of alkyl halides is 3. The highest BCUT2D eigenvalue weighted by molar-refractivity contribution is 7.86. The second-order valence-electron chi connectivity index (χ2n) is 2.17. The van der Waals surface area contributed by atoms with Crippen LogP contribution in [-0.4, -0.2) is 9.72 Å². The maximum Gasteiger partial charge on any atom is 0.475 e. The number of rotatable bonds is 1. The van der Waals surface area contributed by atoms with E-state index in [1.165, 1.54) is 12.1 Å². The molecule has 0 heterocycles. The predicted molar refractivity (Wildman–Crippen MR) is 43.9 cm³/mol. The van der Waals surface area contributed by atoms with Gasteiger partial charge in [-0.1, -0.05) is 11.6 Å². The molecule has 13 heavy (non-hydrogen) atoms. The molecule has 0 saturated carbocycles. The summed E-state index contributed by atoms with van der Waals surface area (Å²) in [6, 6.07) is 4.71. The Balaban J connectivity index is 2.97. The van der Waals surface area contributed by atoms with E-state index in [0.29, 0.717) is 5.02 Å². The Kier molecular flexibility index (Phi) is 2.98. The first-order valence-electron chi connectivity index (χ1n) is 3.15. The van der Waals surface area contributed by atoms with E-state index in [4.69, 9.17) is 11.6 Å². The summed E-state index contributed by atoms with van der Waals surface area (Å²) >= 11 is 5.45. The van der Waals surface area contributed by atoms with Gasteiger partial charge < -0.3 is 0 Å². The quantitative estimate of drug-likeness (QED) is 0.722. The van der Waals surface area contributed by atoms with Gasteiger partial charge >= 0.3 is 5.51 Å². The fourth-order valence-electron chi connectivity index (χ4n) is 0.692. The molecule has 1 rings (SSSR count). The van der Waals surface area contributed by atoms with E-state index < -0.39 is 16.3 Å². The SMILES string of the molecule is O=[S@](c1ccc(Cl)cc1)C(F)(F)F. The van der Waals surface area contributed by atoms with Gasteiger partial charge in [-0.05, 0) is 24.3 Å². The van der Waals surface area contributed by atoms with Crippen LogP contribution in [0.25, 0.3) is 0 Å². The van der Waals surface area contributed by atoms with Crippen molar-refractivity contribution in [3.8, 4) is 0 Å². The maximum atomic E-state index is 11.9. The first-order chi connectivity index (χ1) is 5.91. The lowest BCUT2D eigenvalue weighted by atomic mass is 10.4. The van der Waals surface area contributed by atoms with Crippen LogP contribution in [0.3, 0.4) is 0 Å². The van der Waals surface area contributed by atoms with Crippen molar-refractivity contribution < 1.29 is 17.4 Å². The average molecular weight is 229 g/mol. The van der Waals surface area contributed by atoms with Crippen molar-refractivity contribution in [2.75, 3.05) is 0 Å². The van der Waals surface area contributed by atoms with Gasteiger partial charge in [0.15, 0.2) is 10.8 Å². The summed E-state index contributed by atoms with van der Waals surface area (Å²) in [6.07, 6.45) is 0. The number of hydrogen-bond acceptors (Lipinski definition) is 1. The minimum absolute atomic E-state index is 0.295. The molecule has 0 aliphatic carbocycles. The Hall–Kier alpha value is -0.550. The predicted octanol–water partition coefficient (Wildman–Crippen LogP) is 2.97. The Morgan fingerprint density at radius 3 is 2.00 bits per heavy atom. The van der Waals surface area contributed by atoms with E-state index in [-0.39, 0.29) is 4.90 Å². The van der Waals surface area contributed by atoms with Crippen LogP contribution < -0.4 is 0 Å². The molecule has 0 saturated heterocycles. The standard InChI is InChI=1S/C7H4ClF3OS/c8-5-1-3-6(4-2-5)13(12)7(9,10)11/h1-4H/t13-/m1/s1. The Morgan fingerprint density at radius 1 is 1.15 bits per heavy atom. The summed E-state index contributed by atoms with van der Waals surface area (Å²) in [6.45, 7) is 0. The lowest BCUT2D eigenvalue weighted by Gasteiger charge is -2.05. The van der Waals surface area contributed by atoms with Crippen molar-refractivity contribution in [2.24, 2.45) is 0 Å². The van der Waals surface area contributed by atoms with Gasteiger partial charge in [-0.3, -0.25) is 0 Å². The lowest BCUT2D eigenvalue weighted by molar-refractivity contribution is -0.0384. The normalized spacial score (nSPS) is 14.2. The molecule has 1 nitrogen and oxygen atoms in total. The number of halogens is 4. The van der Waals surface area contributed by atoms with Crippen molar-refractivity contribution in [3.05, 3.63) is 29.3 Å². The monoisotopic (exact) mass is 228 g/mol. The average Bonchev–Trinajstić information content (AvgIpc) is 2.03. The Morgan fingerprint density at radius 2 is 1.62 bits per heavy atom. The zero-order valence-corrected chi connectivity index (χ0v) is 7.71. The molecule has 0 amide bonds. The highest BCUT2D eigenvalue weighted by Crippen LogP contribution is 2.26. The minimum Gasteiger partial charge on any atom is -0.245 e. The van der Waals surface area contributed by atoms with Gasteiger partial charge in [-0.25, -0.2) is 4.21 Å². The van der Waals surface area contributed by atoms with Crippen LogP contribution in [0.1, 0.15) is 0 Å². The second-order valence-corrected chi connectivity index (χ2v) is 4.08. The minimum atomic E-state index is -4.71. The maximum absolute atomic E-state index is 11.9. The fraction of sp³-hybridized carbons (Fsp3) is 0.143. The summed E-state index contributed by atoms with van der Waals surface area (Å²) in [5.74, 6) is 0. The molecule has 0 fully saturated rings. The van der Waals surface area contributed by atoms with E-state index >= 15 is 0 Å². The molecule has 6 heteroatoms. The molecular weight excluding hydrogens is 225 g/mol. The number of benzene rings is 1. The fourth-order valence-corrected chi connectivity index (χ4v) is 1.47. The highest BCUT2D eigenvalue weighted by Gasteiger charge is 2.37. The molecule has 72 valence electrons. The molecule has 0 aromatic heterocycles. The first-order valence-corrected chi connectivity index (χ1v) is 4.68. The summed E-state index contributed by atoms with van der Waals surface area (Å²) in [5, 5.41) is 0.308. The molecule has 1 atom stereocenters. The van der Waals surface area contributed by atoms with E-state index in [9.17, 15) is 17.4 Å². The van der Waals surface area contributed by atoms with Gasteiger partial charge in [0.2, 0.25) is 0 Å².